The molecule has 0 bridgehead atoms. The summed E-state index contributed by atoms with van der Waals surface area (Å²) in [5.41, 5.74) is 0. The second-order valence-corrected chi connectivity index (χ2v) is 5.69. The smallest absolute Gasteiger partial charge is 0.224 e. The number of carbonyl (C=O) groups is 1. The number of rotatable bonds is 4. The summed E-state index contributed by atoms with van der Waals surface area (Å²) in [6.45, 7) is 4.45. The molecule has 0 radical (unpaired) electrons. The van der Waals surface area contributed by atoms with Crippen LogP contribution in [-0.2, 0) is 4.79 Å². The van der Waals surface area contributed by atoms with Crippen LogP contribution in [0.5, 0.6) is 0 Å². The first-order chi connectivity index (χ1) is 8.79. The maximum absolute atomic E-state index is 11.7. The second-order valence-electron chi connectivity index (χ2n) is 5.69. The molecule has 1 amide bonds. The quantitative estimate of drug-likeness (QED) is 0.785. The molecule has 0 saturated carbocycles. The monoisotopic (exact) mass is 253 g/mol. The van der Waals surface area contributed by atoms with Crippen molar-refractivity contribution < 1.29 is 4.79 Å². The van der Waals surface area contributed by atoms with E-state index in [-0.39, 0.29) is 11.8 Å². The van der Waals surface area contributed by atoms with Gasteiger partial charge in [0, 0.05) is 19.6 Å². The van der Waals surface area contributed by atoms with Crippen LogP contribution in [0.15, 0.2) is 0 Å². The zero-order valence-electron chi connectivity index (χ0n) is 11.6. The summed E-state index contributed by atoms with van der Waals surface area (Å²) in [7, 11) is 1.74. The average Bonchev–Trinajstić information content (AvgIpc) is 2.45. The molecule has 2 heterocycles. The molecule has 0 spiro atoms. The van der Waals surface area contributed by atoms with Crippen LogP contribution in [0.1, 0.15) is 38.5 Å². The van der Waals surface area contributed by atoms with Crippen molar-refractivity contribution in [3.8, 4) is 0 Å². The van der Waals surface area contributed by atoms with Crippen molar-refractivity contribution in [3.05, 3.63) is 0 Å². The predicted molar refractivity (Wildman–Crippen MR) is 73.5 cm³/mol. The molecule has 2 unspecified atom stereocenters. The van der Waals surface area contributed by atoms with Crippen LogP contribution >= 0.6 is 0 Å². The van der Waals surface area contributed by atoms with Gasteiger partial charge in [-0.2, -0.15) is 0 Å². The van der Waals surface area contributed by atoms with Gasteiger partial charge in [0.15, 0.2) is 0 Å². The standard InChI is InChI=1S/C14H27N3O/c1-15-14(18)12-5-4-9-17(11-12)10-7-13-6-2-3-8-16-13/h12-13,16H,2-11H2,1H3,(H,15,18). The van der Waals surface area contributed by atoms with Crippen LogP contribution < -0.4 is 10.6 Å². The van der Waals surface area contributed by atoms with E-state index in [1.807, 2.05) is 0 Å². The highest BCUT2D eigenvalue weighted by Gasteiger charge is 2.25. The Morgan fingerprint density at radius 2 is 2.22 bits per heavy atom. The summed E-state index contributed by atoms with van der Waals surface area (Å²) in [6.07, 6.45) is 7.48. The Morgan fingerprint density at radius 1 is 1.33 bits per heavy atom. The molecular weight excluding hydrogens is 226 g/mol. The minimum Gasteiger partial charge on any atom is -0.359 e. The van der Waals surface area contributed by atoms with Gasteiger partial charge in [-0.25, -0.2) is 0 Å². The summed E-state index contributed by atoms with van der Waals surface area (Å²) >= 11 is 0. The predicted octanol–water partition coefficient (Wildman–Crippen LogP) is 0.977. The van der Waals surface area contributed by atoms with Gasteiger partial charge in [0.05, 0.1) is 5.92 Å². The molecule has 2 saturated heterocycles. The summed E-state index contributed by atoms with van der Waals surface area (Å²) in [5, 5.41) is 6.38. The summed E-state index contributed by atoms with van der Waals surface area (Å²) in [4.78, 5) is 14.1. The van der Waals surface area contributed by atoms with Crippen LogP contribution in [-0.4, -0.2) is 50.1 Å². The van der Waals surface area contributed by atoms with Gasteiger partial charge in [0.25, 0.3) is 0 Å². The van der Waals surface area contributed by atoms with Gasteiger partial charge in [-0.3, -0.25) is 4.79 Å². The van der Waals surface area contributed by atoms with E-state index in [1.165, 1.54) is 38.8 Å². The number of nitrogens with zero attached hydrogens (tertiary/aromatic N) is 1. The minimum absolute atomic E-state index is 0.211. The Bertz CT molecular complexity index is 264. The zero-order chi connectivity index (χ0) is 12.8. The lowest BCUT2D eigenvalue weighted by Crippen LogP contribution is -2.44. The highest BCUT2D eigenvalue weighted by molar-refractivity contribution is 5.78. The second kappa shape index (κ2) is 7.10. The molecule has 0 aromatic heterocycles. The van der Waals surface area contributed by atoms with Crippen LogP contribution in [0, 0.1) is 5.92 Å². The first-order valence-electron chi connectivity index (χ1n) is 7.47. The minimum atomic E-state index is 0.211. The largest absolute Gasteiger partial charge is 0.359 e. The lowest BCUT2D eigenvalue weighted by atomic mass is 9.96. The number of hydrogen-bond acceptors (Lipinski definition) is 3. The van der Waals surface area contributed by atoms with E-state index in [0.717, 1.165) is 25.9 Å². The maximum atomic E-state index is 11.7. The highest BCUT2D eigenvalue weighted by Crippen LogP contribution is 2.18. The third kappa shape index (κ3) is 3.95. The normalized spacial score (nSPS) is 30.1. The summed E-state index contributed by atoms with van der Waals surface area (Å²) in [6, 6.07) is 0.708. The first-order valence-corrected chi connectivity index (χ1v) is 7.47. The van der Waals surface area contributed by atoms with E-state index in [9.17, 15) is 4.79 Å². The topological polar surface area (TPSA) is 44.4 Å². The molecule has 2 atom stereocenters. The van der Waals surface area contributed by atoms with E-state index in [4.69, 9.17) is 0 Å². The average molecular weight is 253 g/mol. The van der Waals surface area contributed by atoms with Crippen molar-refractivity contribution >= 4 is 5.91 Å². The summed E-state index contributed by atoms with van der Waals surface area (Å²) in [5.74, 6) is 0.429. The molecule has 2 rings (SSSR count). The molecule has 0 aromatic rings. The highest BCUT2D eigenvalue weighted by atomic mass is 16.1. The van der Waals surface area contributed by atoms with Gasteiger partial charge in [0.2, 0.25) is 5.91 Å². The molecule has 104 valence electrons. The zero-order valence-corrected chi connectivity index (χ0v) is 11.6. The van der Waals surface area contributed by atoms with Crippen LogP contribution in [0.2, 0.25) is 0 Å². The third-order valence-corrected chi connectivity index (χ3v) is 4.33. The van der Waals surface area contributed by atoms with Crippen molar-refractivity contribution in [1.29, 1.82) is 0 Å². The van der Waals surface area contributed by atoms with E-state index in [2.05, 4.69) is 15.5 Å². The van der Waals surface area contributed by atoms with Crippen molar-refractivity contribution in [3.63, 3.8) is 0 Å². The van der Waals surface area contributed by atoms with E-state index in [1.54, 1.807) is 7.05 Å². The molecule has 4 heteroatoms. The number of amides is 1. The molecule has 2 N–H and O–H groups in total. The van der Waals surface area contributed by atoms with Crippen LogP contribution in [0.4, 0.5) is 0 Å². The Labute approximate surface area is 110 Å². The molecule has 2 fully saturated rings. The number of hydrogen-bond donors (Lipinski definition) is 2. The number of carbonyl (C=O) groups excluding carboxylic acids is 1. The van der Waals surface area contributed by atoms with Crippen molar-refractivity contribution in [2.24, 2.45) is 5.92 Å². The van der Waals surface area contributed by atoms with Crippen LogP contribution in [0.25, 0.3) is 0 Å². The maximum Gasteiger partial charge on any atom is 0.224 e. The third-order valence-electron chi connectivity index (χ3n) is 4.33. The SMILES string of the molecule is CNC(=O)C1CCCN(CCC2CCCCN2)C1. The lowest BCUT2D eigenvalue weighted by molar-refractivity contribution is -0.126. The molecule has 0 aromatic carbocycles. The fraction of sp³-hybridized carbons (Fsp3) is 0.929. The Hall–Kier alpha value is -0.610. The van der Waals surface area contributed by atoms with Crippen molar-refractivity contribution in [1.82, 2.24) is 15.5 Å². The van der Waals surface area contributed by atoms with E-state index < -0.39 is 0 Å². The summed E-state index contributed by atoms with van der Waals surface area (Å²) < 4.78 is 0. The fourth-order valence-electron chi connectivity index (χ4n) is 3.19. The van der Waals surface area contributed by atoms with Gasteiger partial charge in [-0.05, 0) is 51.7 Å². The number of nitrogens with one attached hydrogen (secondary N) is 2. The number of likely N-dealkylation sites (tertiary alicyclic amines) is 1. The first kappa shape index (κ1) is 13.8. The molecule has 2 aliphatic rings. The molecule has 4 nitrogen and oxygen atoms in total. The van der Waals surface area contributed by atoms with Crippen LogP contribution in [0.3, 0.4) is 0 Å². The van der Waals surface area contributed by atoms with Crippen molar-refractivity contribution in [2.45, 2.75) is 44.6 Å². The molecular formula is C14H27N3O. The van der Waals surface area contributed by atoms with E-state index >= 15 is 0 Å². The Balaban J connectivity index is 1.70. The van der Waals surface area contributed by atoms with Gasteiger partial charge >= 0.3 is 0 Å². The van der Waals surface area contributed by atoms with Gasteiger partial charge in [0.1, 0.15) is 0 Å². The Kier molecular flexibility index (Phi) is 5.45. The number of piperidine rings is 2. The van der Waals surface area contributed by atoms with Crippen molar-refractivity contribution in [2.75, 3.05) is 33.2 Å². The molecule has 0 aliphatic carbocycles. The van der Waals surface area contributed by atoms with Gasteiger partial charge < -0.3 is 15.5 Å². The lowest BCUT2D eigenvalue weighted by Gasteiger charge is -2.33. The fourth-order valence-corrected chi connectivity index (χ4v) is 3.19. The van der Waals surface area contributed by atoms with Gasteiger partial charge in [-0.1, -0.05) is 6.42 Å². The van der Waals surface area contributed by atoms with E-state index in [0.29, 0.717) is 6.04 Å². The van der Waals surface area contributed by atoms with Gasteiger partial charge in [-0.15, -0.1) is 0 Å². The Morgan fingerprint density at radius 3 is 2.94 bits per heavy atom. The molecule has 18 heavy (non-hydrogen) atoms. The molecule has 2 aliphatic heterocycles.